The number of carboxylic acids is 1. The standard InChI is InChI=1S/C20H19ClN2O4/c21-16-8-6-14(7-9-16)18(20(26)27)22-19(25)15-10-17(24)23(12-15)11-13-4-2-1-3-5-13/h1-9,15,18H,10-12H2,(H,22,25)(H,26,27). The molecule has 0 radical (unpaired) electrons. The van der Waals surface area contributed by atoms with Crippen LogP contribution in [0.3, 0.4) is 0 Å². The van der Waals surface area contributed by atoms with Crippen LogP contribution in [-0.4, -0.2) is 34.3 Å². The number of hydrogen-bond donors (Lipinski definition) is 2. The number of nitrogens with one attached hydrogen (secondary N) is 1. The molecule has 0 aliphatic carbocycles. The number of carbonyl (C=O) groups is 3. The fraction of sp³-hybridized carbons (Fsp3) is 0.250. The van der Waals surface area contributed by atoms with Crippen LogP contribution in [0, 0.1) is 5.92 Å². The lowest BCUT2D eigenvalue weighted by Crippen LogP contribution is -2.38. The molecule has 2 unspecified atom stereocenters. The van der Waals surface area contributed by atoms with E-state index in [9.17, 15) is 19.5 Å². The number of amides is 2. The Morgan fingerprint density at radius 2 is 1.81 bits per heavy atom. The minimum Gasteiger partial charge on any atom is -0.479 e. The normalized spacial score (nSPS) is 17.6. The molecule has 1 saturated heterocycles. The van der Waals surface area contributed by atoms with Crippen LogP contribution in [0.25, 0.3) is 0 Å². The summed E-state index contributed by atoms with van der Waals surface area (Å²) in [6.45, 7) is 0.704. The van der Waals surface area contributed by atoms with Crippen LogP contribution < -0.4 is 5.32 Å². The molecule has 1 aliphatic rings. The summed E-state index contributed by atoms with van der Waals surface area (Å²) < 4.78 is 0. The van der Waals surface area contributed by atoms with Gasteiger partial charge in [-0.25, -0.2) is 4.79 Å². The van der Waals surface area contributed by atoms with E-state index >= 15 is 0 Å². The third kappa shape index (κ3) is 4.65. The minimum atomic E-state index is -1.19. The number of rotatable bonds is 6. The average molecular weight is 387 g/mol. The van der Waals surface area contributed by atoms with Crippen molar-refractivity contribution < 1.29 is 19.5 Å². The monoisotopic (exact) mass is 386 g/mol. The van der Waals surface area contributed by atoms with Gasteiger partial charge in [0, 0.05) is 24.5 Å². The van der Waals surface area contributed by atoms with Crippen molar-refractivity contribution in [3.8, 4) is 0 Å². The molecule has 1 aliphatic heterocycles. The molecule has 0 spiro atoms. The molecule has 2 amide bonds. The second-order valence-corrected chi connectivity index (χ2v) is 6.93. The van der Waals surface area contributed by atoms with Crippen molar-refractivity contribution in [1.82, 2.24) is 10.2 Å². The number of benzene rings is 2. The van der Waals surface area contributed by atoms with E-state index in [2.05, 4.69) is 5.32 Å². The molecular weight excluding hydrogens is 368 g/mol. The third-order valence-corrected chi connectivity index (χ3v) is 4.79. The second kappa shape index (κ2) is 8.22. The molecule has 1 fully saturated rings. The number of aliphatic carboxylic acids is 1. The zero-order chi connectivity index (χ0) is 19.4. The number of hydrogen-bond acceptors (Lipinski definition) is 3. The maximum Gasteiger partial charge on any atom is 0.330 e. The molecule has 2 atom stereocenters. The summed E-state index contributed by atoms with van der Waals surface area (Å²) >= 11 is 5.83. The van der Waals surface area contributed by atoms with E-state index in [1.807, 2.05) is 30.3 Å². The first-order chi connectivity index (χ1) is 12.9. The highest BCUT2D eigenvalue weighted by molar-refractivity contribution is 6.30. The number of carboxylic acid groups (broad SMARTS) is 1. The smallest absolute Gasteiger partial charge is 0.330 e. The van der Waals surface area contributed by atoms with Gasteiger partial charge in [0.25, 0.3) is 0 Å². The van der Waals surface area contributed by atoms with Gasteiger partial charge in [-0.15, -0.1) is 0 Å². The summed E-state index contributed by atoms with van der Waals surface area (Å²) in [4.78, 5) is 38.0. The van der Waals surface area contributed by atoms with Crippen molar-refractivity contribution in [2.45, 2.75) is 19.0 Å². The van der Waals surface area contributed by atoms with Gasteiger partial charge in [0.15, 0.2) is 6.04 Å². The second-order valence-electron chi connectivity index (χ2n) is 6.49. The molecule has 2 aromatic rings. The fourth-order valence-corrected chi connectivity index (χ4v) is 3.23. The first kappa shape index (κ1) is 18.9. The summed E-state index contributed by atoms with van der Waals surface area (Å²) in [5.41, 5.74) is 1.40. The summed E-state index contributed by atoms with van der Waals surface area (Å²) in [6, 6.07) is 14.6. The SMILES string of the molecule is O=C(NC(C(=O)O)c1ccc(Cl)cc1)C1CC(=O)N(Cc2ccccc2)C1. The van der Waals surface area contributed by atoms with Crippen molar-refractivity contribution in [1.29, 1.82) is 0 Å². The Morgan fingerprint density at radius 1 is 1.15 bits per heavy atom. The third-order valence-electron chi connectivity index (χ3n) is 4.54. The van der Waals surface area contributed by atoms with Crippen LogP contribution in [-0.2, 0) is 20.9 Å². The van der Waals surface area contributed by atoms with E-state index < -0.39 is 23.8 Å². The number of halogens is 1. The van der Waals surface area contributed by atoms with Crippen LogP contribution in [0.5, 0.6) is 0 Å². The van der Waals surface area contributed by atoms with Crippen LogP contribution in [0.4, 0.5) is 0 Å². The van der Waals surface area contributed by atoms with Crippen LogP contribution in [0.2, 0.25) is 5.02 Å². The van der Waals surface area contributed by atoms with Gasteiger partial charge in [0.2, 0.25) is 11.8 Å². The van der Waals surface area contributed by atoms with Gasteiger partial charge in [-0.1, -0.05) is 54.1 Å². The molecule has 0 bridgehead atoms. The highest BCUT2D eigenvalue weighted by Gasteiger charge is 2.36. The van der Waals surface area contributed by atoms with E-state index in [0.717, 1.165) is 5.56 Å². The predicted octanol–water partition coefficient (Wildman–Crippen LogP) is 2.63. The Balaban J connectivity index is 1.65. The highest BCUT2D eigenvalue weighted by Crippen LogP contribution is 2.23. The molecule has 2 aromatic carbocycles. The van der Waals surface area contributed by atoms with Gasteiger partial charge in [0.1, 0.15) is 0 Å². The van der Waals surface area contributed by atoms with E-state index in [1.165, 1.54) is 0 Å². The zero-order valence-electron chi connectivity index (χ0n) is 14.5. The van der Waals surface area contributed by atoms with Gasteiger partial charge in [-0.2, -0.15) is 0 Å². The van der Waals surface area contributed by atoms with Gasteiger partial charge in [-0.05, 0) is 23.3 Å². The fourth-order valence-electron chi connectivity index (χ4n) is 3.11. The van der Waals surface area contributed by atoms with E-state index in [1.54, 1.807) is 29.2 Å². The zero-order valence-corrected chi connectivity index (χ0v) is 15.2. The van der Waals surface area contributed by atoms with Crippen LogP contribution >= 0.6 is 11.6 Å². The topological polar surface area (TPSA) is 86.7 Å². The molecule has 27 heavy (non-hydrogen) atoms. The van der Waals surface area contributed by atoms with Crippen molar-refractivity contribution >= 4 is 29.4 Å². The summed E-state index contributed by atoms with van der Waals surface area (Å²) in [5, 5.41) is 12.5. The molecule has 0 aromatic heterocycles. The van der Waals surface area contributed by atoms with E-state index in [4.69, 9.17) is 11.6 Å². The Bertz CT molecular complexity index is 839. The number of likely N-dealkylation sites (tertiary alicyclic amines) is 1. The van der Waals surface area contributed by atoms with Gasteiger partial charge < -0.3 is 15.3 Å². The quantitative estimate of drug-likeness (QED) is 0.799. The highest BCUT2D eigenvalue weighted by atomic mass is 35.5. The average Bonchev–Trinajstić information content (AvgIpc) is 3.02. The molecule has 7 heteroatoms. The largest absolute Gasteiger partial charge is 0.479 e. The molecule has 2 N–H and O–H groups in total. The van der Waals surface area contributed by atoms with Crippen molar-refractivity contribution in [3.63, 3.8) is 0 Å². The van der Waals surface area contributed by atoms with Crippen molar-refractivity contribution in [2.24, 2.45) is 5.92 Å². The van der Waals surface area contributed by atoms with Crippen molar-refractivity contribution in [2.75, 3.05) is 6.54 Å². The molecule has 3 rings (SSSR count). The maximum absolute atomic E-state index is 12.6. The summed E-state index contributed by atoms with van der Waals surface area (Å²) in [6.07, 6.45) is 0.0750. The van der Waals surface area contributed by atoms with Gasteiger partial charge >= 0.3 is 5.97 Å². The maximum atomic E-state index is 12.6. The molecule has 6 nitrogen and oxygen atoms in total. The Kier molecular flexibility index (Phi) is 5.76. The number of carbonyl (C=O) groups excluding carboxylic acids is 2. The summed E-state index contributed by atoms with van der Waals surface area (Å²) in [5.74, 6) is -2.30. The molecule has 140 valence electrons. The van der Waals surface area contributed by atoms with Crippen molar-refractivity contribution in [3.05, 3.63) is 70.7 Å². The predicted molar refractivity (Wildman–Crippen MR) is 99.9 cm³/mol. The Morgan fingerprint density at radius 3 is 2.44 bits per heavy atom. The lowest BCUT2D eigenvalue weighted by molar-refractivity contribution is -0.142. The lowest BCUT2D eigenvalue weighted by Gasteiger charge is -2.19. The molecule has 1 heterocycles. The van der Waals surface area contributed by atoms with E-state index in [-0.39, 0.29) is 18.9 Å². The number of nitrogens with zero attached hydrogens (tertiary/aromatic N) is 1. The molecule has 0 saturated carbocycles. The van der Waals surface area contributed by atoms with Crippen LogP contribution in [0.1, 0.15) is 23.6 Å². The summed E-state index contributed by atoms with van der Waals surface area (Å²) in [7, 11) is 0. The van der Waals surface area contributed by atoms with Crippen LogP contribution in [0.15, 0.2) is 54.6 Å². The van der Waals surface area contributed by atoms with Gasteiger partial charge in [0.05, 0.1) is 5.92 Å². The first-order valence-corrected chi connectivity index (χ1v) is 8.92. The Labute approximate surface area is 161 Å². The van der Waals surface area contributed by atoms with E-state index in [0.29, 0.717) is 17.1 Å². The molecular formula is C20H19ClN2O4. The Hall–Kier alpha value is -2.86. The minimum absolute atomic E-state index is 0.0750. The lowest BCUT2D eigenvalue weighted by atomic mass is 10.0. The van der Waals surface area contributed by atoms with Gasteiger partial charge in [-0.3, -0.25) is 9.59 Å². The first-order valence-electron chi connectivity index (χ1n) is 8.54.